The van der Waals surface area contributed by atoms with Gasteiger partial charge in [0.15, 0.2) is 5.75 Å². The number of hydrogen-bond acceptors (Lipinski definition) is 4. The molecule has 0 N–H and O–H groups in total. The van der Waals surface area contributed by atoms with E-state index in [4.69, 9.17) is 11.2 Å². The molecule has 0 saturated carbocycles. The number of hydrogen-bond donors (Lipinski definition) is 0. The third-order valence-corrected chi connectivity index (χ3v) is 3.28. The average molecular weight is 260 g/mol. The summed E-state index contributed by atoms with van der Waals surface area (Å²) >= 11 is 0. The lowest BCUT2D eigenvalue weighted by Crippen LogP contribution is -2.35. The third kappa shape index (κ3) is 3.24. The van der Waals surface area contributed by atoms with Crippen LogP contribution in [0.4, 0.5) is 5.69 Å². The molecule has 0 radical (unpaired) electrons. The monoisotopic (exact) mass is 260 g/mol. The highest BCUT2D eigenvalue weighted by atomic mass is 16.6. The van der Waals surface area contributed by atoms with E-state index >= 15 is 0 Å². The molecule has 1 saturated heterocycles. The van der Waals surface area contributed by atoms with Gasteiger partial charge in [0.25, 0.3) is 0 Å². The van der Waals surface area contributed by atoms with Crippen molar-refractivity contribution in [3.63, 3.8) is 0 Å². The molecule has 5 nitrogen and oxygen atoms in total. The third-order valence-electron chi connectivity index (χ3n) is 3.28. The van der Waals surface area contributed by atoms with E-state index in [0.29, 0.717) is 5.56 Å². The quantitative estimate of drug-likeness (QED) is 0.474. The summed E-state index contributed by atoms with van der Waals surface area (Å²) in [6.45, 7) is 1.88. The number of rotatable bonds is 3. The predicted octanol–water partition coefficient (Wildman–Crippen LogP) is 2.05. The lowest BCUT2D eigenvalue weighted by molar-refractivity contribution is -0.386. The number of terminal acetylenes is 1. The van der Waals surface area contributed by atoms with E-state index < -0.39 is 4.92 Å². The van der Waals surface area contributed by atoms with Gasteiger partial charge in [-0.25, -0.2) is 0 Å². The largest absolute Gasteiger partial charge is 0.483 e. The first-order chi connectivity index (χ1) is 9.10. The zero-order valence-electron chi connectivity index (χ0n) is 10.8. The van der Waals surface area contributed by atoms with Crippen molar-refractivity contribution >= 4 is 5.69 Å². The van der Waals surface area contributed by atoms with Crippen LogP contribution < -0.4 is 4.74 Å². The minimum Gasteiger partial charge on any atom is -0.483 e. The van der Waals surface area contributed by atoms with E-state index in [1.165, 1.54) is 6.07 Å². The summed E-state index contributed by atoms with van der Waals surface area (Å²) in [5.41, 5.74) is 0.562. The van der Waals surface area contributed by atoms with Crippen LogP contribution in [0.2, 0.25) is 0 Å². The Labute approximate surface area is 112 Å². The molecule has 1 aromatic carbocycles. The molecule has 5 heteroatoms. The van der Waals surface area contributed by atoms with Gasteiger partial charge in [-0.15, -0.1) is 6.42 Å². The van der Waals surface area contributed by atoms with Gasteiger partial charge in [0.2, 0.25) is 0 Å². The number of nitro benzene ring substituents is 1. The van der Waals surface area contributed by atoms with Crippen LogP contribution in [0.1, 0.15) is 18.4 Å². The Hall–Kier alpha value is -2.06. The molecule has 1 aliphatic heterocycles. The molecule has 1 aromatic rings. The topological polar surface area (TPSA) is 55.6 Å². The van der Waals surface area contributed by atoms with E-state index in [0.717, 1.165) is 25.9 Å². The summed E-state index contributed by atoms with van der Waals surface area (Å²) in [4.78, 5) is 12.8. The lowest BCUT2D eigenvalue weighted by Gasteiger charge is -2.29. The van der Waals surface area contributed by atoms with Crippen LogP contribution in [0.15, 0.2) is 18.2 Å². The minimum atomic E-state index is -0.440. The second kappa shape index (κ2) is 5.72. The fourth-order valence-corrected chi connectivity index (χ4v) is 2.13. The molecule has 19 heavy (non-hydrogen) atoms. The van der Waals surface area contributed by atoms with Gasteiger partial charge in [0.05, 0.1) is 4.92 Å². The lowest BCUT2D eigenvalue weighted by atomic mass is 10.1. The normalized spacial score (nSPS) is 16.8. The summed E-state index contributed by atoms with van der Waals surface area (Å²) < 4.78 is 5.77. The Balaban J connectivity index is 2.18. The van der Waals surface area contributed by atoms with Crippen molar-refractivity contribution in [3.8, 4) is 18.1 Å². The predicted molar refractivity (Wildman–Crippen MR) is 72.2 cm³/mol. The Morgan fingerprint density at radius 2 is 2.16 bits per heavy atom. The standard InChI is InChI=1S/C14H16N2O3/c1-3-11-4-5-13(16(17)18)14(10-11)19-12-6-8-15(2)9-7-12/h1,4-5,10,12H,6-9H2,2H3. The molecule has 1 heterocycles. The van der Waals surface area contributed by atoms with Crippen LogP contribution in [0.25, 0.3) is 0 Å². The number of likely N-dealkylation sites (tertiary alicyclic amines) is 1. The number of benzene rings is 1. The van der Waals surface area contributed by atoms with Crippen molar-refractivity contribution in [2.45, 2.75) is 18.9 Å². The number of nitro groups is 1. The maximum atomic E-state index is 11.0. The molecular weight excluding hydrogens is 244 g/mol. The fraction of sp³-hybridized carbons (Fsp3) is 0.429. The van der Waals surface area contributed by atoms with E-state index in [1.807, 2.05) is 0 Å². The average Bonchev–Trinajstić information content (AvgIpc) is 2.41. The number of ether oxygens (including phenoxy) is 1. The Morgan fingerprint density at radius 1 is 1.47 bits per heavy atom. The maximum Gasteiger partial charge on any atom is 0.311 e. The molecule has 1 aliphatic rings. The first-order valence-electron chi connectivity index (χ1n) is 6.20. The van der Waals surface area contributed by atoms with Crippen LogP contribution in [-0.4, -0.2) is 36.1 Å². The molecule has 0 atom stereocenters. The highest BCUT2D eigenvalue weighted by molar-refractivity contribution is 5.52. The molecule has 2 rings (SSSR count). The van der Waals surface area contributed by atoms with Gasteiger partial charge < -0.3 is 9.64 Å². The van der Waals surface area contributed by atoms with Crippen molar-refractivity contribution in [2.24, 2.45) is 0 Å². The minimum absolute atomic E-state index is 0.0166. The molecule has 0 spiro atoms. The summed E-state index contributed by atoms with van der Waals surface area (Å²) in [6, 6.07) is 4.52. The van der Waals surface area contributed by atoms with Crippen molar-refractivity contribution < 1.29 is 9.66 Å². The van der Waals surface area contributed by atoms with Crippen LogP contribution in [0.5, 0.6) is 5.75 Å². The molecular formula is C14H16N2O3. The van der Waals surface area contributed by atoms with Gasteiger partial charge in [0.1, 0.15) is 6.10 Å². The first kappa shape index (κ1) is 13.4. The van der Waals surface area contributed by atoms with Gasteiger partial charge in [-0.3, -0.25) is 10.1 Å². The van der Waals surface area contributed by atoms with Crippen LogP contribution in [-0.2, 0) is 0 Å². The zero-order valence-corrected chi connectivity index (χ0v) is 10.8. The van der Waals surface area contributed by atoms with Crippen molar-refractivity contribution in [3.05, 3.63) is 33.9 Å². The number of piperidine rings is 1. The zero-order chi connectivity index (χ0) is 13.8. The second-order valence-corrected chi connectivity index (χ2v) is 4.70. The van der Waals surface area contributed by atoms with Gasteiger partial charge in [-0.2, -0.15) is 0 Å². The highest BCUT2D eigenvalue weighted by Crippen LogP contribution is 2.30. The van der Waals surface area contributed by atoms with E-state index in [-0.39, 0.29) is 17.5 Å². The van der Waals surface area contributed by atoms with Gasteiger partial charge in [0, 0.05) is 30.8 Å². The SMILES string of the molecule is C#Cc1ccc([N+](=O)[O-])c(OC2CCN(C)CC2)c1. The van der Waals surface area contributed by atoms with Crippen molar-refractivity contribution in [1.29, 1.82) is 0 Å². The Morgan fingerprint density at radius 3 is 2.74 bits per heavy atom. The van der Waals surface area contributed by atoms with Crippen LogP contribution in [0, 0.1) is 22.5 Å². The molecule has 0 amide bonds. The van der Waals surface area contributed by atoms with Gasteiger partial charge in [-0.05, 0) is 26.0 Å². The maximum absolute atomic E-state index is 11.0. The van der Waals surface area contributed by atoms with Gasteiger partial charge in [-0.1, -0.05) is 5.92 Å². The molecule has 0 aliphatic carbocycles. The van der Waals surface area contributed by atoms with E-state index in [2.05, 4.69) is 17.9 Å². The number of nitrogens with zero attached hydrogens (tertiary/aromatic N) is 2. The molecule has 0 unspecified atom stereocenters. The molecule has 100 valence electrons. The van der Waals surface area contributed by atoms with Crippen LogP contribution >= 0.6 is 0 Å². The van der Waals surface area contributed by atoms with E-state index in [1.54, 1.807) is 12.1 Å². The fourth-order valence-electron chi connectivity index (χ4n) is 2.13. The van der Waals surface area contributed by atoms with Crippen LogP contribution in [0.3, 0.4) is 0 Å². The summed E-state index contributed by atoms with van der Waals surface area (Å²) in [5, 5.41) is 11.0. The van der Waals surface area contributed by atoms with Crippen molar-refractivity contribution in [1.82, 2.24) is 4.90 Å². The molecule has 0 bridgehead atoms. The smallest absolute Gasteiger partial charge is 0.311 e. The Bertz CT molecular complexity index is 514. The summed E-state index contributed by atoms with van der Waals surface area (Å²) in [5.74, 6) is 2.74. The Kier molecular flexibility index (Phi) is 4.03. The van der Waals surface area contributed by atoms with Gasteiger partial charge >= 0.3 is 5.69 Å². The molecule has 1 fully saturated rings. The summed E-state index contributed by atoms with van der Waals surface area (Å²) in [7, 11) is 2.05. The summed E-state index contributed by atoms with van der Waals surface area (Å²) in [6.07, 6.45) is 7.07. The first-order valence-corrected chi connectivity index (χ1v) is 6.20. The molecule has 0 aromatic heterocycles. The van der Waals surface area contributed by atoms with Crippen molar-refractivity contribution in [2.75, 3.05) is 20.1 Å². The van der Waals surface area contributed by atoms with E-state index in [9.17, 15) is 10.1 Å². The second-order valence-electron chi connectivity index (χ2n) is 4.70. The highest BCUT2D eigenvalue weighted by Gasteiger charge is 2.22.